The van der Waals surface area contributed by atoms with E-state index in [9.17, 15) is 4.79 Å². The third-order valence-corrected chi connectivity index (χ3v) is 4.47. The van der Waals surface area contributed by atoms with Crippen LogP contribution in [0.2, 0.25) is 5.02 Å². The van der Waals surface area contributed by atoms with Gasteiger partial charge in [-0.25, -0.2) is 4.98 Å². The van der Waals surface area contributed by atoms with E-state index >= 15 is 0 Å². The van der Waals surface area contributed by atoms with Crippen LogP contribution in [0.3, 0.4) is 0 Å². The summed E-state index contributed by atoms with van der Waals surface area (Å²) in [6.07, 6.45) is 4.16. The highest BCUT2D eigenvalue weighted by Gasteiger charge is 2.09. The Morgan fingerprint density at radius 3 is 3.04 bits per heavy atom. The summed E-state index contributed by atoms with van der Waals surface area (Å²) in [5.74, 6) is 0.770. The molecule has 5 nitrogen and oxygen atoms in total. The highest BCUT2D eigenvalue weighted by molar-refractivity contribution is 7.15. The van der Waals surface area contributed by atoms with Crippen molar-refractivity contribution in [2.45, 2.75) is 13.0 Å². The van der Waals surface area contributed by atoms with Crippen molar-refractivity contribution in [1.82, 2.24) is 4.98 Å². The lowest BCUT2D eigenvalue weighted by molar-refractivity contribution is -0.661. The second kappa shape index (κ2) is 8.10. The van der Waals surface area contributed by atoms with Gasteiger partial charge >= 0.3 is 0 Å². The molecule has 0 fully saturated rings. The van der Waals surface area contributed by atoms with Gasteiger partial charge in [-0.2, -0.15) is 0 Å². The molecule has 0 aliphatic carbocycles. The number of nitrogens with zero attached hydrogens (tertiary/aromatic N) is 1. The van der Waals surface area contributed by atoms with Gasteiger partial charge in [0.2, 0.25) is 0 Å². The van der Waals surface area contributed by atoms with Gasteiger partial charge in [-0.3, -0.25) is 10.1 Å². The summed E-state index contributed by atoms with van der Waals surface area (Å²) in [7, 11) is 0. The maximum Gasteiger partial charge on any atom is 0.281 e. The Morgan fingerprint density at radius 1 is 1.33 bits per heavy atom. The molecule has 24 heavy (non-hydrogen) atoms. The van der Waals surface area contributed by atoms with E-state index in [0.717, 1.165) is 27.6 Å². The second-order valence-corrected chi connectivity index (χ2v) is 6.81. The number of nitrogens with two attached hydrogens (primary N) is 1. The van der Waals surface area contributed by atoms with Crippen molar-refractivity contribution < 1.29 is 14.5 Å². The zero-order valence-electron chi connectivity index (χ0n) is 12.9. The first-order valence-electron chi connectivity index (χ1n) is 7.52. The monoisotopic (exact) mass is 362 g/mol. The largest absolute Gasteiger partial charge is 0.463 e. The number of benzene rings is 1. The Balaban J connectivity index is 1.47. The first kappa shape index (κ1) is 16.7. The number of halogens is 1. The maximum atomic E-state index is 11.9. The van der Waals surface area contributed by atoms with Crippen LogP contribution in [0.1, 0.15) is 16.2 Å². The Labute approximate surface area is 148 Å². The SMILES string of the molecule is O=C(C[NH2+]Cc1ccco1)Nc1ncc(Cc2cccc(Cl)c2)s1. The first-order valence-corrected chi connectivity index (χ1v) is 8.71. The molecule has 0 atom stereocenters. The molecule has 3 aromatic rings. The third-order valence-electron chi connectivity index (χ3n) is 3.32. The molecule has 1 aromatic carbocycles. The minimum Gasteiger partial charge on any atom is -0.463 e. The topological polar surface area (TPSA) is 71.7 Å². The Hall–Kier alpha value is -2.15. The van der Waals surface area contributed by atoms with Gasteiger partial charge in [0, 0.05) is 22.5 Å². The molecule has 3 N–H and O–H groups in total. The van der Waals surface area contributed by atoms with E-state index in [1.165, 1.54) is 11.3 Å². The van der Waals surface area contributed by atoms with Gasteiger partial charge in [0.25, 0.3) is 5.91 Å². The number of aromatic nitrogens is 1. The van der Waals surface area contributed by atoms with Crippen molar-refractivity contribution in [3.05, 3.63) is 70.1 Å². The van der Waals surface area contributed by atoms with Crippen LogP contribution >= 0.6 is 22.9 Å². The summed E-state index contributed by atoms with van der Waals surface area (Å²) in [5, 5.41) is 6.04. The summed E-state index contributed by atoms with van der Waals surface area (Å²) in [5.41, 5.74) is 1.12. The lowest BCUT2D eigenvalue weighted by Crippen LogP contribution is -2.84. The molecular formula is C17H17ClN3O2S+. The predicted octanol–water partition coefficient (Wildman–Crippen LogP) is 2.68. The van der Waals surface area contributed by atoms with Crippen molar-refractivity contribution in [1.29, 1.82) is 0 Å². The van der Waals surface area contributed by atoms with Crippen molar-refractivity contribution in [3.63, 3.8) is 0 Å². The van der Waals surface area contributed by atoms with E-state index in [-0.39, 0.29) is 5.91 Å². The van der Waals surface area contributed by atoms with Crippen LogP contribution in [0.25, 0.3) is 0 Å². The van der Waals surface area contributed by atoms with E-state index in [0.29, 0.717) is 18.2 Å². The number of rotatable bonds is 7. The smallest absolute Gasteiger partial charge is 0.281 e. The summed E-state index contributed by atoms with van der Waals surface area (Å²) < 4.78 is 5.22. The van der Waals surface area contributed by atoms with Crippen molar-refractivity contribution in [2.75, 3.05) is 11.9 Å². The lowest BCUT2D eigenvalue weighted by Gasteiger charge is -2.00. The van der Waals surface area contributed by atoms with Gasteiger partial charge < -0.3 is 9.73 Å². The molecule has 0 aliphatic heterocycles. The molecule has 0 bridgehead atoms. The van der Waals surface area contributed by atoms with E-state index in [1.54, 1.807) is 12.5 Å². The molecule has 7 heteroatoms. The number of anilines is 1. The molecule has 0 radical (unpaired) electrons. The van der Waals surface area contributed by atoms with Gasteiger partial charge in [-0.15, -0.1) is 11.3 Å². The maximum absolute atomic E-state index is 11.9. The average Bonchev–Trinajstić information content (AvgIpc) is 3.20. The number of amides is 1. The molecule has 0 saturated heterocycles. The van der Waals surface area contributed by atoms with Crippen LogP contribution in [-0.2, 0) is 17.8 Å². The van der Waals surface area contributed by atoms with Crippen molar-refractivity contribution in [3.8, 4) is 0 Å². The van der Waals surface area contributed by atoms with Crippen molar-refractivity contribution >= 4 is 34.0 Å². The minimum atomic E-state index is -0.0785. The highest BCUT2D eigenvalue weighted by Crippen LogP contribution is 2.22. The summed E-state index contributed by atoms with van der Waals surface area (Å²) >= 11 is 7.47. The molecule has 1 amide bonds. The van der Waals surface area contributed by atoms with Gasteiger partial charge in [-0.1, -0.05) is 23.7 Å². The number of thiazole rings is 1. The number of nitrogens with one attached hydrogen (secondary N) is 1. The zero-order valence-corrected chi connectivity index (χ0v) is 14.4. The molecule has 0 saturated carbocycles. The predicted molar refractivity (Wildman–Crippen MR) is 94.2 cm³/mol. The lowest BCUT2D eigenvalue weighted by atomic mass is 10.1. The van der Waals surface area contributed by atoms with Crippen LogP contribution in [0.15, 0.2) is 53.3 Å². The fourth-order valence-electron chi connectivity index (χ4n) is 2.24. The Morgan fingerprint density at radius 2 is 2.25 bits per heavy atom. The Kier molecular flexibility index (Phi) is 5.63. The molecule has 0 spiro atoms. The number of furan rings is 1. The molecule has 3 rings (SSSR count). The quantitative estimate of drug-likeness (QED) is 0.678. The van der Waals surface area contributed by atoms with Crippen LogP contribution < -0.4 is 10.6 Å². The van der Waals surface area contributed by atoms with Crippen LogP contribution in [-0.4, -0.2) is 17.4 Å². The zero-order chi connectivity index (χ0) is 16.8. The average molecular weight is 363 g/mol. The molecular weight excluding hydrogens is 346 g/mol. The first-order chi connectivity index (χ1) is 11.7. The van der Waals surface area contributed by atoms with Gasteiger partial charge in [0.05, 0.1) is 6.26 Å². The minimum absolute atomic E-state index is 0.0785. The summed E-state index contributed by atoms with van der Waals surface area (Å²) in [6.45, 7) is 0.961. The summed E-state index contributed by atoms with van der Waals surface area (Å²) in [6, 6.07) is 11.5. The number of carbonyl (C=O) groups is 1. The molecule has 2 aromatic heterocycles. The van der Waals surface area contributed by atoms with E-state index in [4.69, 9.17) is 16.0 Å². The number of hydrogen-bond donors (Lipinski definition) is 2. The standard InChI is InChI=1S/C17H16ClN3O2S/c18-13-4-1-3-12(7-13)8-15-10-20-17(24-15)21-16(22)11-19-9-14-5-2-6-23-14/h1-7,10,19H,8-9,11H2,(H,20,21,22)/p+1. The van der Waals surface area contributed by atoms with E-state index in [1.807, 2.05) is 41.7 Å². The molecule has 2 heterocycles. The molecule has 0 unspecified atom stereocenters. The fourth-order valence-corrected chi connectivity index (χ4v) is 3.32. The van der Waals surface area contributed by atoms with E-state index < -0.39 is 0 Å². The molecule has 0 aliphatic rings. The van der Waals surface area contributed by atoms with Crippen LogP contribution in [0.5, 0.6) is 0 Å². The normalized spacial score (nSPS) is 10.7. The Bertz CT molecular complexity index is 802. The summed E-state index contributed by atoms with van der Waals surface area (Å²) in [4.78, 5) is 17.3. The van der Waals surface area contributed by atoms with Crippen LogP contribution in [0, 0.1) is 0 Å². The van der Waals surface area contributed by atoms with Crippen molar-refractivity contribution in [2.24, 2.45) is 0 Å². The van der Waals surface area contributed by atoms with Gasteiger partial charge in [0.15, 0.2) is 17.4 Å². The number of carbonyl (C=O) groups excluding carboxylic acids is 1. The number of quaternary nitrogens is 1. The number of hydrogen-bond acceptors (Lipinski definition) is 4. The second-order valence-electron chi connectivity index (χ2n) is 5.26. The van der Waals surface area contributed by atoms with E-state index in [2.05, 4.69) is 10.3 Å². The molecule has 124 valence electrons. The van der Waals surface area contributed by atoms with Gasteiger partial charge in [-0.05, 0) is 29.8 Å². The highest BCUT2D eigenvalue weighted by atomic mass is 35.5. The third kappa shape index (κ3) is 4.92. The fraction of sp³-hybridized carbons (Fsp3) is 0.176. The van der Waals surface area contributed by atoms with Gasteiger partial charge in [0.1, 0.15) is 6.54 Å². The van der Waals surface area contributed by atoms with Crippen LogP contribution in [0.4, 0.5) is 5.13 Å².